The lowest BCUT2D eigenvalue weighted by Gasteiger charge is -2.23. The molecule has 0 aromatic heterocycles. The highest BCUT2D eigenvalue weighted by Gasteiger charge is 2.57. The van der Waals surface area contributed by atoms with Crippen LogP contribution in [0.5, 0.6) is 17.2 Å². The van der Waals surface area contributed by atoms with Crippen LogP contribution in [-0.4, -0.2) is 35.8 Å². The van der Waals surface area contributed by atoms with Crippen molar-refractivity contribution in [2.45, 2.75) is 12.0 Å². The van der Waals surface area contributed by atoms with Crippen LogP contribution in [0.2, 0.25) is 0 Å². The molecule has 1 atom stereocenters. The lowest BCUT2D eigenvalue weighted by Crippen LogP contribution is -2.42. The standard InChI is InChI=1S/C24H19NO6/c1-30-22(28)15-8-6-14(7-9-15)12-25-18-5-3-2-4-16(18)24(23(25)29)13-31-21-11-20(27)19(26)10-17(21)24/h2-11,26-27H,12-13H2,1H3. The average molecular weight is 417 g/mol. The van der Waals surface area contributed by atoms with E-state index in [-0.39, 0.29) is 24.0 Å². The van der Waals surface area contributed by atoms with Crippen LogP contribution in [0.1, 0.15) is 27.0 Å². The number of hydrogen-bond donors (Lipinski definition) is 2. The number of benzene rings is 3. The maximum absolute atomic E-state index is 13.8. The predicted octanol–water partition coefficient (Wildman–Crippen LogP) is 3.11. The van der Waals surface area contributed by atoms with Crippen molar-refractivity contribution in [3.8, 4) is 17.2 Å². The molecule has 0 radical (unpaired) electrons. The summed E-state index contributed by atoms with van der Waals surface area (Å²) in [6.45, 7) is 0.386. The van der Waals surface area contributed by atoms with E-state index in [1.165, 1.54) is 19.2 Å². The molecule has 5 rings (SSSR count). The number of phenols is 2. The maximum atomic E-state index is 13.8. The van der Waals surface area contributed by atoms with E-state index < -0.39 is 11.4 Å². The van der Waals surface area contributed by atoms with Crippen LogP contribution in [0.15, 0.2) is 60.7 Å². The quantitative estimate of drug-likeness (QED) is 0.502. The minimum absolute atomic E-state index is 0.0822. The van der Waals surface area contributed by atoms with Gasteiger partial charge in [0.05, 0.1) is 19.2 Å². The second kappa shape index (κ2) is 6.77. The monoisotopic (exact) mass is 417 g/mol. The summed E-state index contributed by atoms with van der Waals surface area (Å²) in [6, 6.07) is 17.1. The number of phenolic OH excluding ortho intramolecular Hbond substituents is 2. The topological polar surface area (TPSA) is 96.3 Å². The van der Waals surface area contributed by atoms with Gasteiger partial charge in [-0.25, -0.2) is 4.79 Å². The van der Waals surface area contributed by atoms with Crippen molar-refractivity contribution >= 4 is 17.6 Å². The van der Waals surface area contributed by atoms with E-state index in [0.29, 0.717) is 23.4 Å². The van der Waals surface area contributed by atoms with Gasteiger partial charge in [-0.2, -0.15) is 0 Å². The van der Waals surface area contributed by atoms with Gasteiger partial charge in [-0.1, -0.05) is 30.3 Å². The summed E-state index contributed by atoms with van der Waals surface area (Å²) < 4.78 is 10.5. The predicted molar refractivity (Wildman–Crippen MR) is 111 cm³/mol. The molecule has 0 saturated carbocycles. The number of ether oxygens (including phenoxy) is 2. The lowest BCUT2D eigenvalue weighted by molar-refractivity contribution is -0.122. The van der Waals surface area contributed by atoms with Crippen LogP contribution in [0.3, 0.4) is 0 Å². The van der Waals surface area contributed by atoms with E-state index >= 15 is 0 Å². The molecule has 0 bridgehead atoms. The molecular weight excluding hydrogens is 398 g/mol. The molecular formula is C24H19NO6. The van der Waals surface area contributed by atoms with Crippen molar-refractivity contribution in [2.75, 3.05) is 18.6 Å². The Kier molecular flexibility index (Phi) is 4.15. The first-order valence-electron chi connectivity index (χ1n) is 9.73. The molecule has 1 amide bonds. The van der Waals surface area contributed by atoms with E-state index in [4.69, 9.17) is 9.47 Å². The Morgan fingerprint density at radius 1 is 1.06 bits per heavy atom. The van der Waals surface area contributed by atoms with E-state index in [9.17, 15) is 19.8 Å². The molecule has 7 heteroatoms. The summed E-state index contributed by atoms with van der Waals surface area (Å²) in [4.78, 5) is 27.2. The number of rotatable bonds is 3. The largest absolute Gasteiger partial charge is 0.504 e. The van der Waals surface area contributed by atoms with Crippen LogP contribution in [-0.2, 0) is 21.5 Å². The Labute approximate surface area is 178 Å². The Morgan fingerprint density at radius 3 is 2.52 bits per heavy atom. The number of fused-ring (bicyclic) bond motifs is 4. The molecule has 1 unspecified atom stereocenters. The average Bonchev–Trinajstić information content (AvgIpc) is 3.26. The Hall–Kier alpha value is -4.00. The minimum atomic E-state index is -1.09. The van der Waals surface area contributed by atoms with E-state index in [1.54, 1.807) is 29.2 Å². The first-order chi connectivity index (χ1) is 15.0. The minimum Gasteiger partial charge on any atom is -0.504 e. The fraction of sp³-hybridized carbons (Fsp3) is 0.167. The van der Waals surface area contributed by atoms with Crippen LogP contribution < -0.4 is 9.64 Å². The zero-order valence-corrected chi connectivity index (χ0v) is 16.7. The highest BCUT2D eigenvalue weighted by molar-refractivity contribution is 6.11. The number of para-hydroxylation sites is 1. The third-order valence-electron chi connectivity index (χ3n) is 5.96. The summed E-state index contributed by atoms with van der Waals surface area (Å²) in [6.07, 6.45) is 0. The van der Waals surface area contributed by atoms with Crippen LogP contribution in [0.25, 0.3) is 0 Å². The van der Waals surface area contributed by atoms with Gasteiger partial charge in [-0.3, -0.25) is 4.79 Å². The smallest absolute Gasteiger partial charge is 0.337 e. The SMILES string of the molecule is COC(=O)c1ccc(CN2C(=O)C3(COc4cc(O)c(O)cc43)c3ccccc32)cc1. The number of carbonyl (C=O) groups is 2. The highest BCUT2D eigenvalue weighted by atomic mass is 16.5. The van der Waals surface area contributed by atoms with Gasteiger partial charge < -0.3 is 24.6 Å². The number of nitrogens with zero attached hydrogens (tertiary/aromatic N) is 1. The molecule has 2 aliphatic heterocycles. The fourth-order valence-electron chi connectivity index (χ4n) is 4.40. The first kappa shape index (κ1) is 19.0. The summed E-state index contributed by atoms with van der Waals surface area (Å²) in [5.74, 6) is -0.809. The van der Waals surface area contributed by atoms with Crippen molar-refractivity contribution < 1.29 is 29.3 Å². The van der Waals surface area contributed by atoms with Gasteiger partial charge >= 0.3 is 5.97 Å². The molecule has 0 aliphatic carbocycles. The van der Waals surface area contributed by atoms with Crippen LogP contribution in [0, 0.1) is 0 Å². The zero-order valence-electron chi connectivity index (χ0n) is 16.7. The molecule has 0 fully saturated rings. The number of amides is 1. The second-order valence-corrected chi connectivity index (χ2v) is 7.63. The number of aromatic hydroxyl groups is 2. The van der Waals surface area contributed by atoms with Gasteiger partial charge in [0, 0.05) is 17.3 Å². The van der Waals surface area contributed by atoms with Gasteiger partial charge in [-0.05, 0) is 35.4 Å². The van der Waals surface area contributed by atoms with Gasteiger partial charge in [-0.15, -0.1) is 0 Å². The molecule has 31 heavy (non-hydrogen) atoms. The normalized spacial score (nSPS) is 18.6. The number of anilines is 1. The Balaban J connectivity index is 1.57. The number of methoxy groups -OCH3 is 1. The van der Waals surface area contributed by atoms with Crippen molar-refractivity contribution in [1.82, 2.24) is 0 Å². The molecule has 2 N–H and O–H groups in total. The number of hydrogen-bond acceptors (Lipinski definition) is 6. The van der Waals surface area contributed by atoms with Crippen molar-refractivity contribution in [1.29, 1.82) is 0 Å². The second-order valence-electron chi connectivity index (χ2n) is 7.63. The number of carbonyl (C=O) groups excluding carboxylic acids is 2. The molecule has 2 aliphatic rings. The summed E-state index contributed by atoms with van der Waals surface area (Å²) in [5, 5.41) is 19.9. The third-order valence-corrected chi connectivity index (χ3v) is 5.96. The van der Waals surface area contributed by atoms with E-state index in [2.05, 4.69) is 0 Å². The molecule has 2 heterocycles. The first-order valence-corrected chi connectivity index (χ1v) is 9.73. The third kappa shape index (κ3) is 2.66. The lowest BCUT2D eigenvalue weighted by atomic mass is 9.77. The fourth-order valence-corrected chi connectivity index (χ4v) is 4.40. The summed E-state index contributed by atoms with van der Waals surface area (Å²) in [5.41, 5.74) is 2.26. The van der Waals surface area contributed by atoms with Crippen molar-refractivity contribution in [3.63, 3.8) is 0 Å². The van der Waals surface area contributed by atoms with E-state index in [1.807, 2.05) is 24.3 Å². The maximum Gasteiger partial charge on any atom is 0.337 e. The van der Waals surface area contributed by atoms with Crippen molar-refractivity contribution in [3.05, 3.63) is 82.9 Å². The number of esters is 1. The molecule has 156 valence electrons. The molecule has 1 spiro atoms. The molecule has 0 saturated heterocycles. The van der Waals surface area contributed by atoms with Gasteiger partial charge in [0.15, 0.2) is 11.5 Å². The summed E-state index contributed by atoms with van der Waals surface area (Å²) in [7, 11) is 1.33. The Bertz CT molecular complexity index is 1220. The van der Waals surface area contributed by atoms with Gasteiger partial charge in [0.1, 0.15) is 17.8 Å². The molecule has 7 nitrogen and oxygen atoms in total. The van der Waals surface area contributed by atoms with E-state index in [0.717, 1.165) is 16.8 Å². The highest BCUT2D eigenvalue weighted by Crippen LogP contribution is 2.54. The molecule has 3 aromatic carbocycles. The van der Waals surface area contributed by atoms with Crippen LogP contribution >= 0.6 is 0 Å². The van der Waals surface area contributed by atoms with Gasteiger partial charge in [0.2, 0.25) is 5.91 Å². The van der Waals surface area contributed by atoms with Gasteiger partial charge in [0.25, 0.3) is 0 Å². The zero-order chi connectivity index (χ0) is 21.8. The Morgan fingerprint density at radius 2 is 1.77 bits per heavy atom. The van der Waals surface area contributed by atoms with Crippen LogP contribution in [0.4, 0.5) is 5.69 Å². The van der Waals surface area contributed by atoms with Crippen molar-refractivity contribution in [2.24, 2.45) is 0 Å². The summed E-state index contributed by atoms with van der Waals surface area (Å²) >= 11 is 0. The molecule has 3 aromatic rings.